The zero-order valence-corrected chi connectivity index (χ0v) is 13.2. The predicted molar refractivity (Wildman–Crippen MR) is 89.3 cm³/mol. The van der Waals surface area contributed by atoms with Gasteiger partial charge in [0.25, 0.3) is 0 Å². The fraction of sp³-hybridized carbons (Fsp3) is 0.167. The summed E-state index contributed by atoms with van der Waals surface area (Å²) >= 11 is 0. The molecule has 0 unspecified atom stereocenters. The summed E-state index contributed by atoms with van der Waals surface area (Å²) in [6, 6.07) is 12.6. The Morgan fingerprint density at radius 1 is 1.21 bits per heavy atom. The number of halogens is 1. The quantitative estimate of drug-likeness (QED) is 0.707. The highest BCUT2D eigenvalue weighted by molar-refractivity contribution is 5.99. The molecule has 0 radical (unpaired) electrons. The Morgan fingerprint density at radius 3 is 2.75 bits per heavy atom. The number of nitrogens with one attached hydrogen (secondary N) is 1. The van der Waals surface area contributed by atoms with Crippen LogP contribution < -0.4 is 5.32 Å². The third-order valence-corrected chi connectivity index (χ3v) is 3.65. The van der Waals surface area contributed by atoms with Crippen LogP contribution in [0.15, 0.2) is 55.1 Å². The lowest BCUT2D eigenvalue weighted by Crippen LogP contribution is -2.07. The molecule has 0 aliphatic rings. The summed E-state index contributed by atoms with van der Waals surface area (Å²) in [4.78, 5) is 15.6. The molecule has 1 N–H and O–H groups in total. The Labute approximate surface area is 139 Å². The van der Waals surface area contributed by atoms with Crippen molar-refractivity contribution in [1.82, 2.24) is 14.8 Å². The van der Waals surface area contributed by atoms with Crippen LogP contribution in [0.3, 0.4) is 0 Å². The highest BCUT2D eigenvalue weighted by atomic mass is 19.1. The number of hydrogen-bond acceptors (Lipinski definition) is 4. The predicted octanol–water partition coefficient (Wildman–Crippen LogP) is 3.28. The number of nitrogens with zero attached hydrogens (tertiary/aromatic N) is 3. The fourth-order valence-corrected chi connectivity index (χ4v) is 2.57. The van der Waals surface area contributed by atoms with Gasteiger partial charge in [0.15, 0.2) is 5.78 Å². The summed E-state index contributed by atoms with van der Waals surface area (Å²) in [6.07, 6.45) is 3.16. The molecule has 0 amide bonds. The molecule has 0 saturated heterocycles. The van der Waals surface area contributed by atoms with Crippen molar-refractivity contribution in [3.05, 3.63) is 77.6 Å². The molecule has 1 aromatic heterocycles. The lowest BCUT2D eigenvalue weighted by Gasteiger charge is -2.12. The van der Waals surface area contributed by atoms with Gasteiger partial charge in [-0.2, -0.15) is 5.10 Å². The zero-order chi connectivity index (χ0) is 16.9. The van der Waals surface area contributed by atoms with E-state index in [9.17, 15) is 9.18 Å². The maximum atomic E-state index is 13.8. The average molecular weight is 324 g/mol. The van der Waals surface area contributed by atoms with Gasteiger partial charge in [0.2, 0.25) is 0 Å². The van der Waals surface area contributed by atoms with Crippen LogP contribution in [0.5, 0.6) is 0 Å². The molecule has 0 atom stereocenters. The van der Waals surface area contributed by atoms with Crippen LogP contribution in [0, 0.1) is 5.82 Å². The van der Waals surface area contributed by atoms with E-state index in [1.807, 2.05) is 24.3 Å². The molecule has 2 aromatic carbocycles. The van der Waals surface area contributed by atoms with Gasteiger partial charge in [-0.25, -0.2) is 14.1 Å². The summed E-state index contributed by atoms with van der Waals surface area (Å²) < 4.78 is 15.6. The average Bonchev–Trinajstić information content (AvgIpc) is 3.06. The molecule has 0 spiro atoms. The van der Waals surface area contributed by atoms with E-state index in [-0.39, 0.29) is 11.3 Å². The van der Waals surface area contributed by atoms with E-state index in [1.54, 1.807) is 23.1 Å². The highest BCUT2D eigenvalue weighted by Gasteiger charge is 2.12. The summed E-state index contributed by atoms with van der Waals surface area (Å²) in [5, 5.41) is 7.23. The molecule has 0 saturated carbocycles. The molecule has 5 nitrogen and oxygen atoms in total. The summed E-state index contributed by atoms with van der Waals surface area (Å²) in [5.74, 6) is -0.803. The van der Waals surface area contributed by atoms with Gasteiger partial charge in [-0.05, 0) is 30.2 Å². The molecule has 0 aliphatic heterocycles. The topological polar surface area (TPSA) is 59.8 Å². The van der Waals surface area contributed by atoms with Crippen LogP contribution in [0.4, 0.5) is 10.1 Å². The number of rotatable bonds is 6. The maximum Gasteiger partial charge on any atom is 0.164 e. The lowest BCUT2D eigenvalue weighted by atomic mass is 10.1. The van der Waals surface area contributed by atoms with Crippen molar-refractivity contribution < 1.29 is 9.18 Å². The Bertz CT molecular complexity index is 846. The molecule has 3 aromatic rings. The molecular formula is C18H17FN4O. The van der Waals surface area contributed by atoms with Crippen molar-refractivity contribution in [1.29, 1.82) is 0 Å². The first-order valence-electron chi connectivity index (χ1n) is 7.57. The Morgan fingerprint density at radius 2 is 2.00 bits per heavy atom. The monoisotopic (exact) mass is 324 g/mol. The molecule has 0 bridgehead atoms. The highest BCUT2D eigenvalue weighted by Crippen LogP contribution is 2.20. The van der Waals surface area contributed by atoms with E-state index in [0.29, 0.717) is 18.8 Å². The molecule has 122 valence electrons. The van der Waals surface area contributed by atoms with E-state index >= 15 is 0 Å². The van der Waals surface area contributed by atoms with Gasteiger partial charge >= 0.3 is 0 Å². The van der Waals surface area contributed by atoms with Crippen LogP contribution in [-0.2, 0) is 13.1 Å². The fourth-order valence-electron chi connectivity index (χ4n) is 2.57. The second kappa shape index (κ2) is 7.04. The third-order valence-electron chi connectivity index (χ3n) is 3.65. The number of ketones is 1. The van der Waals surface area contributed by atoms with Gasteiger partial charge in [0.1, 0.15) is 18.5 Å². The summed E-state index contributed by atoms with van der Waals surface area (Å²) in [5.41, 5.74) is 2.72. The minimum absolute atomic E-state index is 0.0938. The minimum atomic E-state index is -0.507. The number of hydrogen-bond donors (Lipinski definition) is 1. The largest absolute Gasteiger partial charge is 0.380 e. The zero-order valence-electron chi connectivity index (χ0n) is 13.2. The van der Waals surface area contributed by atoms with Gasteiger partial charge in [-0.3, -0.25) is 4.79 Å². The van der Waals surface area contributed by atoms with Crippen molar-refractivity contribution in [2.45, 2.75) is 20.0 Å². The molecule has 1 heterocycles. The SMILES string of the molecule is CC(=O)c1c(F)cccc1NCc1cccc(Cn2cncn2)c1. The first-order valence-corrected chi connectivity index (χ1v) is 7.57. The van der Waals surface area contributed by atoms with Gasteiger partial charge < -0.3 is 5.32 Å². The van der Waals surface area contributed by atoms with E-state index in [2.05, 4.69) is 15.4 Å². The van der Waals surface area contributed by atoms with Crippen LogP contribution in [-0.4, -0.2) is 20.5 Å². The van der Waals surface area contributed by atoms with Crippen LogP contribution in [0.1, 0.15) is 28.4 Å². The van der Waals surface area contributed by atoms with Crippen LogP contribution >= 0.6 is 0 Å². The van der Waals surface area contributed by atoms with Gasteiger partial charge in [-0.15, -0.1) is 0 Å². The van der Waals surface area contributed by atoms with Gasteiger partial charge in [0, 0.05) is 12.2 Å². The molecule has 0 aliphatic carbocycles. The van der Waals surface area contributed by atoms with Crippen molar-refractivity contribution in [3.63, 3.8) is 0 Å². The molecule has 0 fully saturated rings. The van der Waals surface area contributed by atoms with E-state index < -0.39 is 5.82 Å². The second-order valence-corrected chi connectivity index (χ2v) is 5.49. The third kappa shape index (κ3) is 3.65. The lowest BCUT2D eigenvalue weighted by molar-refractivity contribution is 0.101. The van der Waals surface area contributed by atoms with Crippen molar-refractivity contribution in [2.24, 2.45) is 0 Å². The Kier molecular flexibility index (Phi) is 4.65. The van der Waals surface area contributed by atoms with Gasteiger partial charge in [0.05, 0.1) is 12.1 Å². The Balaban J connectivity index is 1.73. The van der Waals surface area contributed by atoms with Crippen molar-refractivity contribution >= 4 is 11.5 Å². The standard InChI is InChI=1S/C18H17FN4O/c1-13(24)18-16(19)6-3-7-17(18)21-9-14-4-2-5-15(8-14)10-23-12-20-11-22-23/h2-8,11-12,21H,9-10H2,1H3. The van der Waals surface area contributed by atoms with Crippen LogP contribution in [0.2, 0.25) is 0 Å². The second-order valence-electron chi connectivity index (χ2n) is 5.49. The number of Topliss-reactive ketones (excluding diaryl/α,β-unsaturated/α-hetero) is 1. The molecular weight excluding hydrogens is 307 g/mol. The molecule has 3 rings (SSSR count). The molecule has 24 heavy (non-hydrogen) atoms. The first kappa shape index (κ1) is 15.9. The number of aromatic nitrogens is 3. The van der Waals surface area contributed by atoms with E-state index in [4.69, 9.17) is 0 Å². The van der Waals surface area contributed by atoms with Crippen molar-refractivity contribution in [2.75, 3.05) is 5.32 Å². The normalized spacial score (nSPS) is 10.6. The number of anilines is 1. The van der Waals surface area contributed by atoms with Gasteiger partial charge in [-0.1, -0.05) is 30.3 Å². The first-order chi connectivity index (χ1) is 11.6. The minimum Gasteiger partial charge on any atom is -0.380 e. The number of benzene rings is 2. The number of carbonyl (C=O) groups excluding carboxylic acids is 1. The van der Waals surface area contributed by atoms with Crippen LogP contribution in [0.25, 0.3) is 0 Å². The summed E-state index contributed by atoms with van der Waals surface area (Å²) in [7, 11) is 0. The smallest absolute Gasteiger partial charge is 0.164 e. The Hall–Kier alpha value is -3.02. The van der Waals surface area contributed by atoms with E-state index in [1.165, 1.54) is 19.3 Å². The van der Waals surface area contributed by atoms with E-state index in [0.717, 1.165) is 11.1 Å². The van der Waals surface area contributed by atoms with Crippen molar-refractivity contribution in [3.8, 4) is 0 Å². The summed E-state index contributed by atoms with van der Waals surface area (Å²) in [6.45, 7) is 2.49. The molecule has 6 heteroatoms. The number of carbonyl (C=O) groups is 1. The maximum absolute atomic E-state index is 13.8.